The third-order valence-corrected chi connectivity index (χ3v) is 3.92. The SMILES string of the molecule is CCCc1ccc(CC(=O)c2ccc(OCC)c(F)c2C(F)(F)F)cc1. The molecule has 0 N–H and O–H groups in total. The maximum absolute atomic E-state index is 14.3. The molecule has 0 aliphatic heterocycles. The van der Waals surface area contributed by atoms with E-state index < -0.39 is 34.7 Å². The van der Waals surface area contributed by atoms with Gasteiger partial charge in [-0.25, -0.2) is 4.39 Å². The summed E-state index contributed by atoms with van der Waals surface area (Å²) < 4.78 is 59.1. The molecule has 26 heavy (non-hydrogen) atoms. The van der Waals surface area contributed by atoms with Crippen molar-refractivity contribution in [3.05, 3.63) is 64.5 Å². The summed E-state index contributed by atoms with van der Waals surface area (Å²) in [5, 5.41) is 0. The summed E-state index contributed by atoms with van der Waals surface area (Å²) in [6.45, 7) is 3.59. The molecule has 2 rings (SSSR count). The van der Waals surface area contributed by atoms with Gasteiger partial charge in [-0.15, -0.1) is 0 Å². The molecule has 0 aliphatic rings. The van der Waals surface area contributed by atoms with Gasteiger partial charge in [-0.1, -0.05) is 37.6 Å². The van der Waals surface area contributed by atoms with Crippen molar-refractivity contribution in [2.24, 2.45) is 0 Å². The highest BCUT2D eigenvalue weighted by atomic mass is 19.4. The van der Waals surface area contributed by atoms with Gasteiger partial charge in [-0.05, 0) is 36.6 Å². The maximum Gasteiger partial charge on any atom is 0.420 e. The highest BCUT2D eigenvalue weighted by Gasteiger charge is 2.40. The molecule has 0 aromatic heterocycles. The lowest BCUT2D eigenvalue weighted by Crippen LogP contribution is -2.18. The second-order valence-electron chi connectivity index (χ2n) is 5.90. The first kappa shape index (κ1) is 19.9. The van der Waals surface area contributed by atoms with Gasteiger partial charge in [0.25, 0.3) is 0 Å². The van der Waals surface area contributed by atoms with Crippen LogP contribution in [-0.4, -0.2) is 12.4 Å². The molecule has 0 aliphatic carbocycles. The van der Waals surface area contributed by atoms with Crippen LogP contribution < -0.4 is 4.74 Å². The molecular weight excluding hydrogens is 348 g/mol. The number of alkyl halides is 3. The molecule has 0 radical (unpaired) electrons. The van der Waals surface area contributed by atoms with Crippen LogP contribution in [0.1, 0.15) is 47.3 Å². The number of benzene rings is 2. The molecule has 0 fully saturated rings. The molecule has 0 heterocycles. The van der Waals surface area contributed by atoms with Crippen molar-refractivity contribution in [1.82, 2.24) is 0 Å². The maximum atomic E-state index is 14.3. The molecule has 0 amide bonds. The highest BCUT2D eigenvalue weighted by molar-refractivity contribution is 5.99. The van der Waals surface area contributed by atoms with Crippen molar-refractivity contribution in [2.75, 3.05) is 6.61 Å². The Hall–Kier alpha value is -2.37. The Labute approximate surface area is 149 Å². The van der Waals surface area contributed by atoms with Crippen molar-refractivity contribution >= 4 is 5.78 Å². The van der Waals surface area contributed by atoms with Gasteiger partial charge in [0.2, 0.25) is 0 Å². The summed E-state index contributed by atoms with van der Waals surface area (Å²) in [6, 6.07) is 9.14. The van der Waals surface area contributed by atoms with E-state index in [0.717, 1.165) is 30.5 Å². The smallest absolute Gasteiger partial charge is 0.420 e. The van der Waals surface area contributed by atoms with Crippen LogP contribution in [-0.2, 0) is 19.0 Å². The Morgan fingerprint density at radius 2 is 1.62 bits per heavy atom. The number of carbonyl (C=O) groups is 1. The van der Waals surface area contributed by atoms with E-state index in [1.807, 2.05) is 19.1 Å². The third-order valence-electron chi connectivity index (χ3n) is 3.92. The summed E-state index contributed by atoms with van der Waals surface area (Å²) in [4.78, 5) is 12.4. The summed E-state index contributed by atoms with van der Waals surface area (Å²) in [6.07, 6.45) is -3.37. The van der Waals surface area contributed by atoms with Crippen molar-refractivity contribution in [3.8, 4) is 5.75 Å². The monoisotopic (exact) mass is 368 g/mol. The Kier molecular flexibility index (Phi) is 6.40. The summed E-state index contributed by atoms with van der Waals surface area (Å²) in [5.74, 6) is -2.86. The lowest BCUT2D eigenvalue weighted by atomic mass is 9.96. The molecule has 0 saturated heterocycles. The number of Topliss-reactive ketones (excluding diaryl/α,β-unsaturated/α-hetero) is 1. The third kappa shape index (κ3) is 4.62. The summed E-state index contributed by atoms with van der Waals surface area (Å²) in [7, 11) is 0. The molecule has 2 nitrogen and oxygen atoms in total. The predicted molar refractivity (Wildman–Crippen MR) is 91.0 cm³/mol. The zero-order chi connectivity index (χ0) is 19.3. The van der Waals surface area contributed by atoms with Gasteiger partial charge >= 0.3 is 6.18 Å². The van der Waals surface area contributed by atoms with Gasteiger partial charge in [0.05, 0.1) is 6.61 Å². The van der Waals surface area contributed by atoms with Gasteiger partial charge < -0.3 is 4.74 Å². The number of hydrogen-bond donors (Lipinski definition) is 0. The Morgan fingerprint density at radius 1 is 1.00 bits per heavy atom. The molecule has 2 aromatic rings. The molecular formula is C20H20F4O2. The van der Waals surface area contributed by atoms with Crippen LogP contribution in [0.2, 0.25) is 0 Å². The Bertz CT molecular complexity index is 765. The first-order chi connectivity index (χ1) is 12.3. The van der Waals surface area contributed by atoms with Crippen LogP contribution in [0.15, 0.2) is 36.4 Å². The van der Waals surface area contributed by atoms with E-state index in [1.54, 1.807) is 12.1 Å². The lowest BCUT2D eigenvalue weighted by molar-refractivity contribution is -0.140. The standard InChI is InChI=1S/C20H20F4O2/c1-3-5-13-6-8-14(9-7-13)12-16(25)15-10-11-17(26-4-2)19(21)18(15)20(22,23)24/h6-11H,3-5,12H2,1-2H3. The van der Waals surface area contributed by atoms with Crippen molar-refractivity contribution in [3.63, 3.8) is 0 Å². The van der Waals surface area contributed by atoms with Crippen molar-refractivity contribution < 1.29 is 27.1 Å². The molecule has 0 atom stereocenters. The predicted octanol–water partition coefficient (Wildman–Crippen LogP) is 5.62. The fraction of sp³-hybridized carbons (Fsp3) is 0.350. The van der Waals surface area contributed by atoms with Gasteiger partial charge in [0.1, 0.15) is 5.56 Å². The van der Waals surface area contributed by atoms with Crippen LogP contribution in [0.4, 0.5) is 17.6 Å². The average Bonchev–Trinajstić information content (AvgIpc) is 2.57. The van der Waals surface area contributed by atoms with E-state index in [4.69, 9.17) is 4.74 Å². The normalized spacial score (nSPS) is 11.5. The van der Waals surface area contributed by atoms with E-state index in [-0.39, 0.29) is 13.0 Å². The molecule has 6 heteroatoms. The number of carbonyl (C=O) groups excluding carboxylic acids is 1. The van der Waals surface area contributed by atoms with Gasteiger partial charge in [-0.2, -0.15) is 13.2 Å². The van der Waals surface area contributed by atoms with Crippen molar-refractivity contribution in [1.29, 1.82) is 0 Å². The zero-order valence-corrected chi connectivity index (χ0v) is 14.6. The van der Waals surface area contributed by atoms with Crippen LogP contribution >= 0.6 is 0 Å². The van der Waals surface area contributed by atoms with Gasteiger partial charge in [0.15, 0.2) is 17.3 Å². The van der Waals surface area contributed by atoms with E-state index in [1.165, 1.54) is 6.92 Å². The molecule has 0 unspecified atom stereocenters. The number of ketones is 1. The average molecular weight is 368 g/mol. The zero-order valence-electron chi connectivity index (χ0n) is 14.6. The summed E-state index contributed by atoms with van der Waals surface area (Å²) >= 11 is 0. The van der Waals surface area contributed by atoms with Crippen LogP contribution in [0.25, 0.3) is 0 Å². The molecule has 0 bridgehead atoms. The fourth-order valence-corrected chi connectivity index (χ4v) is 2.73. The van der Waals surface area contributed by atoms with Gasteiger partial charge in [-0.3, -0.25) is 4.79 Å². The van der Waals surface area contributed by atoms with Crippen LogP contribution in [0.5, 0.6) is 5.75 Å². The highest BCUT2D eigenvalue weighted by Crippen LogP contribution is 2.38. The number of ether oxygens (including phenoxy) is 1. The minimum Gasteiger partial charge on any atom is -0.491 e. The Morgan fingerprint density at radius 3 is 2.15 bits per heavy atom. The summed E-state index contributed by atoms with van der Waals surface area (Å²) in [5.41, 5.74) is -0.587. The van der Waals surface area contributed by atoms with E-state index in [2.05, 4.69) is 0 Å². The fourth-order valence-electron chi connectivity index (χ4n) is 2.73. The van der Waals surface area contributed by atoms with E-state index in [9.17, 15) is 22.4 Å². The second-order valence-corrected chi connectivity index (χ2v) is 5.90. The van der Waals surface area contributed by atoms with Gasteiger partial charge in [0, 0.05) is 12.0 Å². The number of rotatable bonds is 7. The lowest BCUT2D eigenvalue weighted by Gasteiger charge is -2.16. The quantitative estimate of drug-likeness (QED) is 0.468. The van der Waals surface area contributed by atoms with Crippen molar-refractivity contribution in [2.45, 2.75) is 39.3 Å². The first-order valence-electron chi connectivity index (χ1n) is 8.41. The molecule has 0 saturated carbocycles. The first-order valence-corrected chi connectivity index (χ1v) is 8.41. The molecule has 0 spiro atoms. The van der Waals surface area contributed by atoms with E-state index in [0.29, 0.717) is 5.56 Å². The van der Waals surface area contributed by atoms with Crippen LogP contribution in [0, 0.1) is 5.82 Å². The number of hydrogen-bond acceptors (Lipinski definition) is 2. The number of halogens is 4. The van der Waals surface area contributed by atoms with Crippen LogP contribution in [0.3, 0.4) is 0 Å². The Balaban J connectivity index is 2.34. The molecule has 2 aromatic carbocycles. The minimum absolute atomic E-state index is 0.0195. The largest absolute Gasteiger partial charge is 0.491 e. The topological polar surface area (TPSA) is 26.3 Å². The minimum atomic E-state index is -4.99. The second kappa shape index (κ2) is 8.34. The number of aryl methyl sites for hydroxylation is 1. The van der Waals surface area contributed by atoms with E-state index >= 15 is 0 Å². The molecule has 140 valence electrons.